The van der Waals surface area contributed by atoms with E-state index in [4.69, 9.17) is 16.0 Å². The predicted molar refractivity (Wildman–Crippen MR) is 105 cm³/mol. The number of aryl methyl sites for hydroxylation is 1. The van der Waals surface area contributed by atoms with Gasteiger partial charge in [0, 0.05) is 17.2 Å². The Bertz CT molecular complexity index is 579. The van der Waals surface area contributed by atoms with Crippen LogP contribution in [-0.4, -0.2) is 36.0 Å². The number of carbonyl (C=O) groups excluding carboxylic acids is 1. The monoisotopic (exact) mass is 388 g/mol. The summed E-state index contributed by atoms with van der Waals surface area (Å²) in [5.74, 6) is 0.213. The molecule has 0 bridgehead atoms. The van der Waals surface area contributed by atoms with Gasteiger partial charge in [-0.25, -0.2) is 0 Å². The molecule has 0 aliphatic carbocycles. The third-order valence-electron chi connectivity index (χ3n) is 4.47. The molecule has 6 heteroatoms. The van der Waals surface area contributed by atoms with Crippen LogP contribution < -0.4 is 0 Å². The van der Waals surface area contributed by atoms with Crippen LogP contribution in [0.15, 0.2) is 29.2 Å². The van der Waals surface area contributed by atoms with Crippen LogP contribution in [0.25, 0.3) is 0 Å². The summed E-state index contributed by atoms with van der Waals surface area (Å²) in [7, 11) is -3.30. The third kappa shape index (κ3) is 6.43. The van der Waals surface area contributed by atoms with Crippen molar-refractivity contribution in [2.45, 2.75) is 63.2 Å². The van der Waals surface area contributed by atoms with Crippen molar-refractivity contribution in [2.75, 3.05) is 11.6 Å². The molecule has 0 fully saturated rings. The van der Waals surface area contributed by atoms with E-state index in [2.05, 4.69) is 33.9 Å². The van der Waals surface area contributed by atoms with Crippen LogP contribution >= 0.6 is 11.6 Å². The number of carbonyl (C=O) groups is 1. The van der Waals surface area contributed by atoms with Gasteiger partial charge >= 0.3 is 0 Å². The Morgan fingerprint density at radius 1 is 1.25 bits per heavy atom. The number of rotatable bonds is 8. The molecule has 1 rings (SSSR count). The van der Waals surface area contributed by atoms with Gasteiger partial charge in [-0.15, -0.1) is 11.6 Å². The molecular weight excluding hydrogens is 360 g/mol. The van der Waals surface area contributed by atoms with Crippen molar-refractivity contribution in [3.05, 3.63) is 29.8 Å². The average molecular weight is 389 g/mol. The zero-order valence-electron chi connectivity index (χ0n) is 15.5. The number of ketones is 1. The standard InChI is InChI=1S/C18H29ClO3SSi/c1-14-7-9-17(10-8-14)23(21)13-15(20)11-16(12-19)22-24(5,6)18(2,3)4/h7-10,16H,11-13H2,1-6H3/t16-,23?/m1/s1. The minimum absolute atomic E-state index is 0.0112. The molecule has 0 amide bonds. The highest BCUT2D eigenvalue weighted by Gasteiger charge is 2.39. The van der Waals surface area contributed by atoms with E-state index < -0.39 is 19.1 Å². The van der Waals surface area contributed by atoms with E-state index >= 15 is 0 Å². The Kier molecular flexibility index (Phi) is 7.85. The summed E-state index contributed by atoms with van der Waals surface area (Å²) in [6, 6.07) is 7.42. The van der Waals surface area contributed by atoms with Gasteiger partial charge in [-0.05, 0) is 37.2 Å². The molecule has 0 aliphatic rings. The molecule has 0 saturated heterocycles. The highest BCUT2D eigenvalue weighted by atomic mass is 35.5. The molecule has 0 N–H and O–H groups in total. The van der Waals surface area contributed by atoms with Crippen molar-refractivity contribution in [3.63, 3.8) is 0 Å². The smallest absolute Gasteiger partial charge is 0.192 e. The summed E-state index contributed by atoms with van der Waals surface area (Å²) in [6.45, 7) is 12.7. The summed E-state index contributed by atoms with van der Waals surface area (Å²) in [5.41, 5.74) is 1.10. The van der Waals surface area contributed by atoms with Gasteiger partial charge in [0.25, 0.3) is 0 Å². The molecule has 0 saturated carbocycles. The second kappa shape index (κ2) is 8.74. The van der Waals surface area contributed by atoms with Gasteiger partial charge in [-0.1, -0.05) is 38.5 Å². The molecule has 24 heavy (non-hydrogen) atoms. The minimum Gasteiger partial charge on any atom is -0.412 e. The highest BCUT2D eigenvalue weighted by Crippen LogP contribution is 2.37. The van der Waals surface area contributed by atoms with Crippen LogP contribution in [0.1, 0.15) is 32.8 Å². The lowest BCUT2D eigenvalue weighted by Gasteiger charge is -2.38. The summed E-state index contributed by atoms with van der Waals surface area (Å²) in [5, 5.41) is 0.0606. The van der Waals surface area contributed by atoms with Gasteiger partial charge < -0.3 is 4.43 Å². The first-order chi connectivity index (χ1) is 11.0. The maximum absolute atomic E-state index is 12.3. The van der Waals surface area contributed by atoms with Crippen molar-refractivity contribution in [2.24, 2.45) is 0 Å². The predicted octanol–water partition coefficient (Wildman–Crippen LogP) is 4.69. The fourth-order valence-electron chi connectivity index (χ4n) is 1.95. The second-order valence-corrected chi connectivity index (χ2v) is 14.2. The Hall–Kier alpha value is -0.493. The Morgan fingerprint density at radius 2 is 1.79 bits per heavy atom. The van der Waals surface area contributed by atoms with E-state index in [0.29, 0.717) is 4.90 Å². The molecule has 0 radical (unpaired) electrons. The lowest BCUT2D eigenvalue weighted by Crippen LogP contribution is -2.45. The Morgan fingerprint density at radius 3 is 2.25 bits per heavy atom. The van der Waals surface area contributed by atoms with Crippen molar-refractivity contribution in [3.8, 4) is 0 Å². The average Bonchev–Trinajstić information content (AvgIpc) is 2.45. The van der Waals surface area contributed by atoms with Crippen LogP contribution in [-0.2, 0) is 20.0 Å². The van der Waals surface area contributed by atoms with Crippen molar-refractivity contribution < 1.29 is 13.4 Å². The second-order valence-electron chi connectivity index (χ2n) is 7.70. The fourth-order valence-corrected chi connectivity index (χ4v) is 4.60. The molecule has 1 aromatic carbocycles. The van der Waals surface area contributed by atoms with Gasteiger partial charge in [-0.3, -0.25) is 9.00 Å². The number of benzene rings is 1. The first kappa shape index (κ1) is 21.5. The van der Waals surface area contributed by atoms with Crippen LogP contribution in [0, 0.1) is 6.92 Å². The van der Waals surface area contributed by atoms with Crippen LogP contribution in [0.5, 0.6) is 0 Å². The summed E-state index contributed by atoms with van der Waals surface area (Å²) in [6.07, 6.45) is -0.0942. The minimum atomic E-state index is -1.98. The molecule has 3 nitrogen and oxygen atoms in total. The zero-order chi connectivity index (χ0) is 18.5. The molecule has 1 aromatic rings. The van der Waals surface area contributed by atoms with Gasteiger partial charge in [-0.2, -0.15) is 0 Å². The van der Waals surface area contributed by atoms with Gasteiger partial charge in [0.2, 0.25) is 0 Å². The van der Waals surface area contributed by atoms with E-state index in [9.17, 15) is 9.00 Å². The molecule has 0 heterocycles. The molecule has 2 atom stereocenters. The number of Topliss-reactive ketones (excluding diaryl/α,β-unsaturated/α-hetero) is 1. The summed E-state index contributed by atoms with van der Waals surface area (Å²) >= 11 is 6.01. The molecule has 136 valence electrons. The van der Waals surface area contributed by atoms with Crippen LogP contribution in [0.4, 0.5) is 0 Å². The number of hydrogen-bond acceptors (Lipinski definition) is 3. The quantitative estimate of drug-likeness (QED) is 0.479. The maximum atomic E-state index is 12.3. The molecule has 0 spiro atoms. The molecular formula is C18H29ClO3SSi. The Labute approximate surface area is 154 Å². The van der Waals surface area contributed by atoms with E-state index in [1.165, 1.54) is 0 Å². The SMILES string of the molecule is Cc1ccc(S(=O)CC(=O)C[C@H](CCl)O[Si](C)(C)C(C)(C)C)cc1. The first-order valence-corrected chi connectivity index (χ1v) is 12.9. The number of hydrogen-bond donors (Lipinski definition) is 0. The van der Waals surface area contributed by atoms with Crippen LogP contribution in [0.2, 0.25) is 18.1 Å². The third-order valence-corrected chi connectivity index (χ3v) is 10.7. The number of alkyl halides is 1. The summed E-state index contributed by atoms with van der Waals surface area (Å²) in [4.78, 5) is 13.0. The number of halogens is 1. The maximum Gasteiger partial charge on any atom is 0.192 e. The zero-order valence-corrected chi connectivity index (χ0v) is 18.1. The lowest BCUT2D eigenvalue weighted by atomic mass is 10.2. The summed E-state index contributed by atoms with van der Waals surface area (Å²) < 4.78 is 18.5. The highest BCUT2D eigenvalue weighted by molar-refractivity contribution is 7.85. The van der Waals surface area contributed by atoms with E-state index in [-0.39, 0.29) is 35.0 Å². The van der Waals surface area contributed by atoms with Gasteiger partial charge in [0.05, 0.1) is 22.7 Å². The van der Waals surface area contributed by atoms with Gasteiger partial charge in [0.1, 0.15) is 5.78 Å². The largest absolute Gasteiger partial charge is 0.412 e. The van der Waals surface area contributed by atoms with Gasteiger partial charge in [0.15, 0.2) is 8.32 Å². The van der Waals surface area contributed by atoms with E-state index in [1.807, 2.05) is 31.2 Å². The fraction of sp³-hybridized carbons (Fsp3) is 0.611. The normalized spacial score (nSPS) is 15.1. The van der Waals surface area contributed by atoms with Crippen LogP contribution in [0.3, 0.4) is 0 Å². The molecule has 0 aliphatic heterocycles. The van der Waals surface area contributed by atoms with Crippen molar-refractivity contribution in [1.29, 1.82) is 0 Å². The first-order valence-electron chi connectivity index (χ1n) is 8.17. The van der Waals surface area contributed by atoms with Crippen molar-refractivity contribution in [1.82, 2.24) is 0 Å². The van der Waals surface area contributed by atoms with Crippen molar-refractivity contribution >= 4 is 36.5 Å². The Balaban J connectivity index is 2.64. The van der Waals surface area contributed by atoms with E-state index in [1.54, 1.807) is 0 Å². The lowest BCUT2D eigenvalue weighted by molar-refractivity contribution is -0.118. The molecule has 0 aromatic heterocycles. The molecule has 1 unspecified atom stereocenters. The van der Waals surface area contributed by atoms with E-state index in [0.717, 1.165) is 5.56 Å². The topological polar surface area (TPSA) is 43.4 Å².